The molecule has 0 aliphatic heterocycles. The molecular formula is C23H28N4O4S2. The maximum Gasteiger partial charge on any atom is 0.341 e. The minimum atomic E-state index is -0.442. The number of hydrogen-bond donors (Lipinski definition) is 1. The van der Waals surface area contributed by atoms with Crippen LogP contribution in [0.3, 0.4) is 0 Å². The summed E-state index contributed by atoms with van der Waals surface area (Å²) in [5, 5.41) is 12.5. The molecule has 0 aliphatic rings. The largest absolute Gasteiger partial charge is 0.482 e. The van der Waals surface area contributed by atoms with E-state index >= 15 is 0 Å². The summed E-state index contributed by atoms with van der Waals surface area (Å²) in [7, 11) is 0. The average molecular weight is 489 g/mol. The molecule has 0 bridgehead atoms. The summed E-state index contributed by atoms with van der Waals surface area (Å²) in [6.07, 6.45) is -0.303. The van der Waals surface area contributed by atoms with Crippen LogP contribution in [0, 0.1) is 13.8 Å². The molecule has 8 nitrogen and oxygen atoms in total. The number of para-hydroxylation sites is 1. The standard InChI is InChI=1S/C23H28N4O4S2/c1-6-27-20(16(5)31-18-11-9-8-10-14(18)3)25-26-23(27)32-13-19(28)24-21-17(12-15(4)33-21)22(29)30-7-2/h8-12,16H,6-7,13H2,1-5H3,(H,24,28). The predicted octanol–water partition coefficient (Wildman–Crippen LogP) is 5.02. The molecule has 1 amide bonds. The van der Waals surface area contributed by atoms with Crippen molar-refractivity contribution in [2.45, 2.75) is 52.4 Å². The van der Waals surface area contributed by atoms with Gasteiger partial charge in [0.05, 0.1) is 17.9 Å². The van der Waals surface area contributed by atoms with E-state index in [4.69, 9.17) is 9.47 Å². The van der Waals surface area contributed by atoms with Gasteiger partial charge in [0.15, 0.2) is 17.1 Å². The van der Waals surface area contributed by atoms with Gasteiger partial charge in [-0.2, -0.15) is 0 Å². The number of aromatic nitrogens is 3. The SMILES string of the molecule is CCOC(=O)c1cc(C)sc1NC(=O)CSc1nnc(C(C)Oc2ccccc2C)n1CC. The topological polar surface area (TPSA) is 95.3 Å². The van der Waals surface area contributed by atoms with Crippen LogP contribution in [0.5, 0.6) is 5.75 Å². The van der Waals surface area contributed by atoms with Gasteiger partial charge in [-0.25, -0.2) is 4.79 Å². The minimum Gasteiger partial charge on any atom is -0.482 e. The van der Waals surface area contributed by atoms with E-state index in [1.165, 1.54) is 23.1 Å². The lowest BCUT2D eigenvalue weighted by Gasteiger charge is -2.17. The third-order valence-electron chi connectivity index (χ3n) is 4.76. The molecule has 2 heterocycles. The number of thiophene rings is 1. The van der Waals surface area contributed by atoms with Gasteiger partial charge in [-0.3, -0.25) is 4.79 Å². The van der Waals surface area contributed by atoms with Gasteiger partial charge in [0.25, 0.3) is 0 Å². The maximum atomic E-state index is 12.6. The van der Waals surface area contributed by atoms with E-state index in [0.717, 1.165) is 16.2 Å². The number of aryl methyl sites for hydroxylation is 2. The molecule has 1 aromatic carbocycles. The van der Waals surface area contributed by atoms with Crippen molar-refractivity contribution in [1.82, 2.24) is 14.8 Å². The summed E-state index contributed by atoms with van der Waals surface area (Å²) in [5.74, 6) is 0.950. The normalized spacial score (nSPS) is 11.8. The molecule has 0 fully saturated rings. The first-order valence-corrected chi connectivity index (χ1v) is 12.5. The van der Waals surface area contributed by atoms with Crippen LogP contribution < -0.4 is 10.1 Å². The van der Waals surface area contributed by atoms with Gasteiger partial charge in [-0.05, 0) is 52.3 Å². The lowest BCUT2D eigenvalue weighted by molar-refractivity contribution is -0.113. The number of nitrogens with one attached hydrogen (secondary N) is 1. The Bertz CT molecular complexity index is 1130. The van der Waals surface area contributed by atoms with Gasteiger partial charge in [-0.15, -0.1) is 21.5 Å². The molecule has 0 spiro atoms. The summed E-state index contributed by atoms with van der Waals surface area (Å²) in [4.78, 5) is 25.6. The number of ether oxygens (including phenoxy) is 2. The first kappa shape index (κ1) is 24.8. The van der Waals surface area contributed by atoms with Crippen molar-refractivity contribution in [3.63, 3.8) is 0 Å². The highest BCUT2D eigenvalue weighted by Crippen LogP contribution is 2.29. The number of carbonyl (C=O) groups excluding carboxylic acids is 2. The number of hydrogen-bond acceptors (Lipinski definition) is 8. The minimum absolute atomic E-state index is 0.129. The van der Waals surface area contributed by atoms with E-state index in [1.54, 1.807) is 13.0 Å². The Morgan fingerprint density at radius 1 is 1.21 bits per heavy atom. The number of benzene rings is 1. The summed E-state index contributed by atoms with van der Waals surface area (Å²) in [5.41, 5.74) is 1.42. The Kier molecular flexibility index (Phi) is 8.51. The lowest BCUT2D eigenvalue weighted by Crippen LogP contribution is -2.17. The van der Waals surface area contributed by atoms with Gasteiger partial charge >= 0.3 is 5.97 Å². The van der Waals surface area contributed by atoms with Gasteiger partial charge in [0.1, 0.15) is 10.8 Å². The zero-order valence-electron chi connectivity index (χ0n) is 19.4. The molecule has 1 atom stereocenters. The second-order valence-electron chi connectivity index (χ2n) is 7.27. The third-order valence-corrected chi connectivity index (χ3v) is 6.69. The Morgan fingerprint density at radius 2 is 1.97 bits per heavy atom. The Labute approximate surface area is 201 Å². The quantitative estimate of drug-likeness (QED) is 0.316. The summed E-state index contributed by atoms with van der Waals surface area (Å²) in [6.45, 7) is 10.5. The predicted molar refractivity (Wildman–Crippen MR) is 130 cm³/mol. The van der Waals surface area contributed by atoms with Crippen molar-refractivity contribution in [2.75, 3.05) is 17.7 Å². The zero-order valence-corrected chi connectivity index (χ0v) is 21.0. The molecule has 0 aliphatic carbocycles. The van der Waals surface area contributed by atoms with Crippen LogP contribution in [0.25, 0.3) is 0 Å². The van der Waals surface area contributed by atoms with Crippen LogP contribution in [-0.2, 0) is 16.1 Å². The monoisotopic (exact) mass is 488 g/mol. The van der Waals surface area contributed by atoms with E-state index in [0.29, 0.717) is 28.1 Å². The van der Waals surface area contributed by atoms with Crippen LogP contribution in [0.2, 0.25) is 0 Å². The van der Waals surface area contributed by atoms with Crippen molar-refractivity contribution in [1.29, 1.82) is 0 Å². The highest BCUT2D eigenvalue weighted by atomic mass is 32.2. The Hall–Kier alpha value is -2.85. The third kappa shape index (κ3) is 6.14. The molecular weight excluding hydrogens is 460 g/mol. The smallest absolute Gasteiger partial charge is 0.341 e. The molecule has 0 saturated carbocycles. The van der Waals surface area contributed by atoms with Gasteiger partial charge in [0, 0.05) is 11.4 Å². The molecule has 176 valence electrons. The highest BCUT2D eigenvalue weighted by Gasteiger charge is 2.21. The molecule has 33 heavy (non-hydrogen) atoms. The van der Waals surface area contributed by atoms with Crippen LogP contribution in [0.15, 0.2) is 35.5 Å². The molecule has 2 aromatic heterocycles. The average Bonchev–Trinajstić information content (AvgIpc) is 3.36. The first-order valence-electron chi connectivity index (χ1n) is 10.7. The van der Waals surface area contributed by atoms with Crippen LogP contribution in [0.1, 0.15) is 53.5 Å². The fourth-order valence-electron chi connectivity index (χ4n) is 3.20. The lowest BCUT2D eigenvalue weighted by atomic mass is 10.2. The van der Waals surface area contributed by atoms with Crippen LogP contribution >= 0.6 is 23.1 Å². The summed E-state index contributed by atoms with van der Waals surface area (Å²) >= 11 is 2.63. The highest BCUT2D eigenvalue weighted by molar-refractivity contribution is 7.99. The molecule has 1 unspecified atom stereocenters. The number of nitrogens with zero attached hydrogens (tertiary/aromatic N) is 3. The van der Waals surface area contributed by atoms with Gasteiger partial charge in [-0.1, -0.05) is 30.0 Å². The van der Waals surface area contributed by atoms with Crippen molar-refractivity contribution in [3.05, 3.63) is 52.2 Å². The maximum absolute atomic E-state index is 12.6. The van der Waals surface area contributed by atoms with E-state index in [9.17, 15) is 9.59 Å². The van der Waals surface area contributed by atoms with Crippen molar-refractivity contribution in [3.8, 4) is 5.75 Å². The van der Waals surface area contributed by atoms with Crippen molar-refractivity contribution >= 4 is 40.0 Å². The van der Waals surface area contributed by atoms with Gasteiger partial charge < -0.3 is 19.4 Å². The second kappa shape index (κ2) is 11.3. The molecule has 3 aromatic rings. The van der Waals surface area contributed by atoms with Crippen LogP contribution in [0.4, 0.5) is 5.00 Å². The summed E-state index contributed by atoms with van der Waals surface area (Å²) < 4.78 is 13.1. The molecule has 0 saturated heterocycles. The fourth-order valence-corrected chi connectivity index (χ4v) is 4.92. The Morgan fingerprint density at radius 3 is 2.67 bits per heavy atom. The molecule has 3 rings (SSSR count). The molecule has 10 heteroatoms. The zero-order chi connectivity index (χ0) is 24.0. The molecule has 1 N–H and O–H groups in total. The summed E-state index contributed by atoms with van der Waals surface area (Å²) in [6, 6.07) is 9.54. The van der Waals surface area contributed by atoms with Gasteiger partial charge in [0.2, 0.25) is 5.91 Å². The van der Waals surface area contributed by atoms with Crippen LogP contribution in [-0.4, -0.2) is 39.0 Å². The fraction of sp³-hybridized carbons (Fsp3) is 0.391. The number of rotatable bonds is 10. The molecule has 0 radical (unpaired) electrons. The van der Waals surface area contributed by atoms with Crippen molar-refractivity contribution < 1.29 is 19.1 Å². The van der Waals surface area contributed by atoms with Crippen molar-refractivity contribution in [2.24, 2.45) is 0 Å². The number of anilines is 1. The number of thioether (sulfide) groups is 1. The number of esters is 1. The van der Waals surface area contributed by atoms with E-state index in [-0.39, 0.29) is 24.4 Å². The number of amides is 1. The van der Waals surface area contributed by atoms with E-state index < -0.39 is 5.97 Å². The number of carbonyl (C=O) groups is 2. The van der Waals surface area contributed by atoms with E-state index in [2.05, 4.69) is 15.5 Å². The Balaban J connectivity index is 1.65. The first-order chi connectivity index (χ1) is 15.8. The second-order valence-corrected chi connectivity index (χ2v) is 9.47. The van der Waals surface area contributed by atoms with E-state index in [1.807, 2.05) is 56.5 Å².